The van der Waals surface area contributed by atoms with Crippen LogP contribution in [0.15, 0.2) is 24.5 Å². The lowest BCUT2D eigenvalue weighted by Crippen LogP contribution is -2.29. The summed E-state index contributed by atoms with van der Waals surface area (Å²) in [5, 5.41) is 6.74. The first kappa shape index (κ1) is 14.4. The summed E-state index contributed by atoms with van der Waals surface area (Å²) in [4.78, 5) is 29.7. The van der Waals surface area contributed by atoms with Crippen molar-refractivity contribution in [3.8, 4) is 0 Å². The number of pyridine rings is 1. The van der Waals surface area contributed by atoms with Crippen molar-refractivity contribution in [1.82, 2.24) is 20.1 Å². The maximum atomic E-state index is 13.3. The van der Waals surface area contributed by atoms with Crippen LogP contribution in [0.3, 0.4) is 0 Å². The molecule has 2 aromatic heterocycles. The zero-order valence-electron chi connectivity index (χ0n) is 11.8. The van der Waals surface area contributed by atoms with Crippen molar-refractivity contribution in [1.29, 1.82) is 0 Å². The number of H-pyrrole nitrogens is 1. The molecule has 0 unspecified atom stereocenters. The zero-order chi connectivity index (χ0) is 17.0. The van der Waals surface area contributed by atoms with Gasteiger partial charge in [0.1, 0.15) is 0 Å². The summed E-state index contributed by atoms with van der Waals surface area (Å²) in [5.74, 6) is -5.66. The smallest absolute Gasteiger partial charge is 0.263 e. The van der Waals surface area contributed by atoms with Crippen LogP contribution in [-0.4, -0.2) is 31.9 Å². The van der Waals surface area contributed by atoms with E-state index in [4.69, 9.17) is 0 Å². The van der Waals surface area contributed by atoms with Gasteiger partial charge in [-0.25, -0.2) is 18.2 Å². The topological polar surface area (TPSA) is 79.0 Å². The number of aromatic nitrogens is 3. The molecular weight excluding hydrogens is 325 g/mol. The van der Waals surface area contributed by atoms with Gasteiger partial charge in [0.25, 0.3) is 11.8 Å². The third-order valence-corrected chi connectivity index (χ3v) is 3.80. The van der Waals surface area contributed by atoms with Gasteiger partial charge in [-0.15, -0.1) is 0 Å². The molecule has 0 aliphatic carbocycles. The number of imide groups is 1. The molecule has 120 valence electrons. The van der Waals surface area contributed by atoms with Crippen molar-refractivity contribution in [2.45, 2.75) is 6.54 Å². The summed E-state index contributed by atoms with van der Waals surface area (Å²) in [6.45, 7) is -0.389. The molecule has 0 radical (unpaired) electrons. The second-order valence-corrected chi connectivity index (χ2v) is 5.25. The molecule has 1 aromatic carbocycles. The van der Waals surface area contributed by atoms with E-state index in [2.05, 4.69) is 15.2 Å². The standard InChI is InChI=1S/C15H7F3N4O2/c16-9-1-6(2-10(17)12(9)18)5-22-14(23)8-3-19-13-7(4-20-21-13)11(8)15(22)24/h1-4H,5H2,(H,19,20,21). The lowest BCUT2D eigenvalue weighted by molar-refractivity contribution is 0.0642. The van der Waals surface area contributed by atoms with Gasteiger partial charge in [-0.2, -0.15) is 5.10 Å². The molecule has 0 bridgehead atoms. The van der Waals surface area contributed by atoms with Gasteiger partial charge >= 0.3 is 0 Å². The van der Waals surface area contributed by atoms with E-state index in [-0.39, 0.29) is 23.2 Å². The van der Waals surface area contributed by atoms with Gasteiger partial charge in [0, 0.05) is 6.20 Å². The van der Waals surface area contributed by atoms with Crippen LogP contribution in [0.5, 0.6) is 0 Å². The van der Waals surface area contributed by atoms with E-state index in [1.54, 1.807) is 0 Å². The number of halogens is 3. The fraction of sp³-hybridized carbons (Fsp3) is 0.0667. The van der Waals surface area contributed by atoms with Crippen molar-refractivity contribution in [3.63, 3.8) is 0 Å². The molecule has 1 aliphatic heterocycles. The fourth-order valence-corrected chi connectivity index (χ4v) is 2.69. The summed E-state index contributed by atoms with van der Waals surface area (Å²) in [6, 6.07) is 1.49. The number of carbonyl (C=O) groups is 2. The largest absolute Gasteiger partial charge is 0.270 e. The molecule has 0 atom stereocenters. The Kier molecular flexibility index (Phi) is 2.92. The molecule has 6 nitrogen and oxygen atoms in total. The Hall–Kier alpha value is -3.23. The Morgan fingerprint density at radius 1 is 1.04 bits per heavy atom. The van der Waals surface area contributed by atoms with Gasteiger partial charge in [0.15, 0.2) is 23.1 Å². The lowest BCUT2D eigenvalue weighted by atomic mass is 10.1. The monoisotopic (exact) mass is 332 g/mol. The Morgan fingerprint density at radius 3 is 2.46 bits per heavy atom. The Labute approximate surface area is 131 Å². The van der Waals surface area contributed by atoms with Crippen LogP contribution in [0.1, 0.15) is 26.3 Å². The minimum atomic E-state index is -1.61. The van der Waals surface area contributed by atoms with E-state index in [1.165, 1.54) is 12.4 Å². The predicted molar refractivity (Wildman–Crippen MR) is 74.4 cm³/mol. The number of nitrogens with zero attached hydrogens (tertiary/aromatic N) is 3. The molecule has 0 fully saturated rings. The van der Waals surface area contributed by atoms with E-state index >= 15 is 0 Å². The van der Waals surface area contributed by atoms with Crippen molar-refractivity contribution in [2.24, 2.45) is 0 Å². The van der Waals surface area contributed by atoms with Gasteiger partial charge in [0.05, 0.1) is 29.3 Å². The van der Waals surface area contributed by atoms with Gasteiger partial charge in [-0.1, -0.05) is 0 Å². The van der Waals surface area contributed by atoms with Crippen LogP contribution in [0, 0.1) is 17.5 Å². The molecule has 1 aliphatic rings. The number of hydrogen-bond acceptors (Lipinski definition) is 4. The van der Waals surface area contributed by atoms with Gasteiger partial charge in [-0.3, -0.25) is 19.6 Å². The third-order valence-electron chi connectivity index (χ3n) is 3.80. The highest BCUT2D eigenvalue weighted by Crippen LogP contribution is 2.29. The highest BCUT2D eigenvalue weighted by Gasteiger charge is 2.38. The molecule has 4 rings (SSSR count). The van der Waals surface area contributed by atoms with E-state index in [0.29, 0.717) is 11.0 Å². The Morgan fingerprint density at radius 2 is 1.75 bits per heavy atom. The number of carbonyl (C=O) groups excluding carboxylic acids is 2. The molecule has 0 saturated carbocycles. The van der Waals surface area contributed by atoms with E-state index < -0.39 is 29.3 Å². The summed E-state index contributed by atoms with van der Waals surface area (Å²) in [5.41, 5.74) is 0.506. The molecule has 3 aromatic rings. The normalized spacial score (nSPS) is 13.9. The number of nitrogens with one attached hydrogen (secondary N) is 1. The number of hydrogen-bond donors (Lipinski definition) is 1. The van der Waals surface area contributed by atoms with Gasteiger partial charge in [0.2, 0.25) is 0 Å². The first-order valence-electron chi connectivity index (χ1n) is 6.79. The number of amides is 2. The highest BCUT2D eigenvalue weighted by atomic mass is 19.2. The maximum absolute atomic E-state index is 13.3. The molecule has 2 amide bonds. The van der Waals surface area contributed by atoms with Crippen LogP contribution < -0.4 is 0 Å². The molecular formula is C15H7F3N4O2. The van der Waals surface area contributed by atoms with Crippen LogP contribution in [0.4, 0.5) is 13.2 Å². The molecule has 0 spiro atoms. The average molecular weight is 332 g/mol. The molecule has 0 saturated heterocycles. The summed E-state index contributed by atoms with van der Waals surface area (Å²) in [6.07, 6.45) is 2.61. The van der Waals surface area contributed by atoms with Crippen LogP contribution in [0.2, 0.25) is 0 Å². The number of aromatic amines is 1. The molecule has 9 heteroatoms. The number of fused-ring (bicyclic) bond motifs is 3. The Balaban J connectivity index is 1.75. The highest BCUT2D eigenvalue weighted by molar-refractivity contribution is 6.25. The zero-order valence-corrected chi connectivity index (χ0v) is 11.8. The molecule has 3 heterocycles. The fourth-order valence-electron chi connectivity index (χ4n) is 2.69. The van der Waals surface area contributed by atoms with E-state index in [0.717, 1.165) is 17.0 Å². The van der Waals surface area contributed by atoms with Crippen LogP contribution >= 0.6 is 0 Å². The SMILES string of the molecule is O=C1c2cnc3[nH]ncc3c2C(=O)N1Cc1cc(F)c(F)c(F)c1. The van der Waals surface area contributed by atoms with E-state index in [9.17, 15) is 22.8 Å². The van der Waals surface area contributed by atoms with E-state index in [1.807, 2.05) is 0 Å². The van der Waals surface area contributed by atoms with Crippen molar-refractivity contribution >= 4 is 22.8 Å². The molecule has 24 heavy (non-hydrogen) atoms. The summed E-state index contributed by atoms with van der Waals surface area (Å²) >= 11 is 0. The number of benzene rings is 1. The van der Waals surface area contributed by atoms with Crippen molar-refractivity contribution in [2.75, 3.05) is 0 Å². The summed E-state index contributed by atoms with van der Waals surface area (Å²) < 4.78 is 39.6. The molecule has 1 N–H and O–H groups in total. The minimum Gasteiger partial charge on any atom is -0.270 e. The van der Waals surface area contributed by atoms with Crippen molar-refractivity contribution < 1.29 is 22.8 Å². The van der Waals surface area contributed by atoms with Gasteiger partial charge in [-0.05, 0) is 17.7 Å². The third kappa shape index (κ3) is 1.91. The second kappa shape index (κ2) is 4.88. The van der Waals surface area contributed by atoms with Crippen LogP contribution in [-0.2, 0) is 6.54 Å². The minimum absolute atomic E-state index is 0.0442. The maximum Gasteiger partial charge on any atom is 0.263 e. The average Bonchev–Trinajstić information content (AvgIpc) is 3.11. The lowest BCUT2D eigenvalue weighted by Gasteiger charge is -2.14. The summed E-state index contributed by atoms with van der Waals surface area (Å²) in [7, 11) is 0. The van der Waals surface area contributed by atoms with Gasteiger partial charge < -0.3 is 0 Å². The predicted octanol–water partition coefficient (Wildman–Crippen LogP) is 2.17. The van der Waals surface area contributed by atoms with Crippen LogP contribution in [0.25, 0.3) is 11.0 Å². The Bertz CT molecular complexity index is 1010. The second-order valence-electron chi connectivity index (χ2n) is 5.25. The quantitative estimate of drug-likeness (QED) is 0.576. The number of rotatable bonds is 2. The van der Waals surface area contributed by atoms with Crippen molar-refractivity contribution in [3.05, 3.63) is 58.7 Å². The first-order valence-corrected chi connectivity index (χ1v) is 6.79. The first-order chi connectivity index (χ1) is 11.5.